The molecule has 6 rings (SSSR count). The van der Waals surface area contributed by atoms with Crippen molar-refractivity contribution in [3.05, 3.63) is 11.6 Å². The van der Waals surface area contributed by atoms with Crippen molar-refractivity contribution in [2.24, 2.45) is 45.3 Å². The average molecular weight is 801 g/mol. The molecule has 324 valence electrons. The van der Waals surface area contributed by atoms with Gasteiger partial charge in [-0.25, -0.2) is 0 Å². The normalized spacial score (nSPS) is 50.3. The third kappa shape index (κ3) is 7.26. The molecule has 56 heavy (non-hydrogen) atoms. The fourth-order valence-corrected chi connectivity index (χ4v) is 12.7. The van der Waals surface area contributed by atoms with Crippen molar-refractivity contribution in [2.75, 3.05) is 13.2 Å². The maximum atomic E-state index is 12.4. The highest BCUT2D eigenvalue weighted by Gasteiger charge is 2.70. The van der Waals surface area contributed by atoms with Crippen molar-refractivity contribution in [2.45, 2.75) is 192 Å². The van der Waals surface area contributed by atoms with Gasteiger partial charge < -0.3 is 70.0 Å². The lowest BCUT2D eigenvalue weighted by Crippen LogP contribution is -2.66. The van der Waals surface area contributed by atoms with Crippen LogP contribution in [0.2, 0.25) is 0 Å². The Morgan fingerprint density at radius 2 is 1.41 bits per heavy atom. The van der Waals surface area contributed by atoms with Crippen LogP contribution in [0.1, 0.15) is 107 Å². The van der Waals surface area contributed by atoms with Gasteiger partial charge in [0.05, 0.1) is 37.1 Å². The van der Waals surface area contributed by atoms with Gasteiger partial charge in [-0.1, -0.05) is 53.2 Å². The zero-order valence-electron chi connectivity index (χ0n) is 34.6. The SMILES string of the molecule is C[C@H](C(O)CCC(C)(C)O)[C@H]1CC[C@@]2(C)[C@@H]3CC=C4C(CCC(O[C@@H]5O[C@H](CO)[C@@H](O[C@@H]6O[C@H](CO)[C@@H](O)[C@H](O)[C@H]6O)[C@H](O)[C@H]5O)C4(C)C)[C@]3(C)C(O)C[C@]12C. The second-order valence-corrected chi connectivity index (χ2v) is 20.3. The Morgan fingerprint density at radius 1 is 0.804 bits per heavy atom. The molecule has 0 aromatic rings. The quantitative estimate of drug-likeness (QED) is 0.132. The number of hydrogen-bond donors (Lipinski definition) is 10. The largest absolute Gasteiger partial charge is 0.394 e. The highest BCUT2D eigenvalue weighted by molar-refractivity contribution is 5.32. The first-order valence-corrected chi connectivity index (χ1v) is 21.0. The van der Waals surface area contributed by atoms with E-state index in [0.717, 1.165) is 25.7 Å². The standard InChI is InChI=1S/C42H72O14/c1-20(24(45)14-15-38(2,3)52)21-13-16-40(6)27-11-9-22-23(42(27,8)28(46)17-41(21,40)7)10-12-29(39(22,4)5)55-36-34(51)32(49)35(26(19-44)54-36)56-37-33(50)31(48)30(47)25(18-43)53-37/h9,20-21,23-37,43-52H,10-19H2,1-8H3/t20-,21+,23?,24?,25+,26+,27-,28?,29?,30+,31-,32+,33+,34+,35+,36-,37-,40-,41+,42-/m0/s1. The highest BCUT2D eigenvalue weighted by atomic mass is 16.7. The summed E-state index contributed by atoms with van der Waals surface area (Å²) in [4.78, 5) is 0. The first kappa shape index (κ1) is 44.7. The number of fused-ring (bicyclic) bond motifs is 5. The van der Waals surface area contributed by atoms with E-state index in [1.165, 1.54) is 5.57 Å². The van der Waals surface area contributed by atoms with Crippen LogP contribution in [0.3, 0.4) is 0 Å². The van der Waals surface area contributed by atoms with Crippen LogP contribution in [0.25, 0.3) is 0 Å². The maximum absolute atomic E-state index is 12.4. The van der Waals surface area contributed by atoms with E-state index in [9.17, 15) is 51.1 Å². The predicted molar refractivity (Wildman–Crippen MR) is 202 cm³/mol. The van der Waals surface area contributed by atoms with E-state index in [1.807, 2.05) is 0 Å². The van der Waals surface area contributed by atoms with Crippen molar-refractivity contribution in [1.29, 1.82) is 0 Å². The minimum absolute atomic E-state index is 0.0258. The Hall–Kier alpha value is -0.820. The van der Waals surface area contributed by atoms with Gasteiger partial charge in [0.25, 0.3) is 0 Å². The van der Waals surface area contributed by atoms with E-state index in [0.29, 0.717) is 25.7 Å². The summed E-state index contributed by atoms with van der Waals surface area (Å²) in [6.45, 7) is 15.6. The summed E-state index contributed by atoms with van der Waals surface area (Å²) in [5.41, 5.74) is -0.869. The third-order valence-corrected chi connectivity index (χ3v) is 16.5. The van der Waals surface area contributed by atoms with Crippen molar-refractivity contribution in [3.8, 4) is 0 Å². The second-order valence-electron chi connectivity index (χ2n) is 20.3. The molecule has 14 heteroatoms. The van der Waals surface area contributed by atoms with Crippen LogP contribution in [-0.2, 0) is 18.9 Å². The Bertz CT molecular complexity index is 1400. The molecule has 14 nitrogen and oxygen atoms in total. The molecule has 2 heterocycles. The first-order chi connectivity index (χ1) is 26.0. The Labute approximate surface area is 331 Å². The van der Waals surface area contributed by atoms with Gasteiger partial charge in [-0.3, -0.25) is 0 Å². The van der Waals surface area contributed by atoms with Crippen LogP contribution in [0.4, 0.5) is 0 Å². The summed E-state index contributed by atoms with van der Waals surface area (Å²) < 4.78 is 23.7. The van der Waals surface area contributed by atoms with Crippen LogP contribution in [0.5, 0.6) is 0 Å². The number of aliphatic hydroxyl groups excluding tert-OH is 9. The van der Waals surface area contributed by atoms with Crippen LogP contribution in [0.15, 0.2) is 11.6 Å². The molecule has 20 atom stereocenters. The highest BCUT2D eigenvalue weighted by Crippen LogP contribution is 2.75. The molecule has 3 saturated carbocycles. The van der Waals surface area contributed by atoms with Crippen LogP contribution >= 0.6 is 0 Å². The van der Waals surface area contributed by atoms with Crippen LogP contribution < -0.4 is 0 Å². The van der Waals surface area contributed by atoms with E-state index < -0.39 is 109 Å². The van der Waals surface area contributed by atoms with Crippen molar-refractivity contribution in [1.82, 2.24) is 0 Å². The topological polar surface area (TPSA) is 239 Å². The molecule has 6 aliphatic rings. The molecule has 0 spiro atoms. The molecule has 2 aliphatic heterocycles. The monoisotopic (exact) mass is 800 g/mol. The molecular weight excluding hydrogens is 728 g/mol. The molecular formula is C42H72O14. The van der Waals surface area contributed by atoms with E-state index in [-0.39, 0.29) is 34.5 Å². The maximum Gasteiger partial charge on any atom is 0.187 e. The summed E-state index contributed by atoms with van der Waals surface area (Å²) in [5.74, 6) is 0.543. The molecule has 0 aromatic carbocycles. The molecule has 0 bridgehead atoms. The van der Waals surface area contributed by atoms with E-state index in [1.54, 1.807) is 13.8 Å². The predicted octanol–water partition coefficient (Wildman–Crippen LogP) is 1.12. The summed E-state index contributed by atoms with van der Waals surface area (Å²) in [6, 6.07) is 0. The minimum Gasteiger partial charge on any atom is -0.394 e. The number of rotatable bonds is 11. The van der Waals surface area contributed by atoms with Gasteiger partial charge in [0, 0.05) is 10.8 Å². The lowest BCUT2D eigenvalue weighted by atomic mass is 9.38. The van der Waals surface area contributed by atoms with Crippen LogP contribution in [-0.4, -0.2) is 150 Å². The Morgan fingerprint density at radius 3 is 2.04 bits per heavy atom. The second kappa shape index (κ2) is 15.9. The third-order valence-electron chi connectivity index (χ3n) is 16.5. The van der Waals surface area contributed by atoms with Gasteiger partial charge in [0.15, 0.2) is 12.6 Å². The zero-order chi connectivity index (χ0) is 41.5. The number of allylic oxidation sites excluding steroid dienone is 1. The lowest BCUT2D eigenvalue weighted by Gasteiger charge is -2.67. The van der Waals surface area contributed by atoms with E-state index in [4.69, 9.17) is 18.9 Å². The van der Waals surface area contributed by atoms with Crippen molar-refractivity contribution in [3.63, 3.8) is 0 Å². The molecule has 0 amide bonds. The average Bonchev–Trinajstić information content (AvgIpc) is 3.40. The summed E-state index contributed by atoms with van der Waals surface area (Å²) in [5, 5.41) is 107. The van der Waals surface area contributed by atoms with Crippen LogP contribution in [0, 0.1) is 45.3 Å². The minimum atomic E-state index is -1.76. The number of ether oxygens (including phenoxy) is 4. The summed E-state index contributed by atoms with van der Waals surface area (Å²) in [7, 11) is 0. The van der Waals surface area contributed by atoms with Gasteiger partial charge in [-0.05, 0) is 99.7 Å². The van der Waals surface area contributed by atoms with Gasteiger partial charge in [0.1, 0.15) is 48.8 Å². The van der Waals surface area contributed by atoms with Gasteiger partial charge in [0.2, 0.25) is 0 Å². The summed E-state index contributed by atoms with van der Waals surface area (Å²) >= 11 is 0. The fourth-order valence-electron chi connectivity index (χ4n) is 12.7. The van der Waals surface area contributed by atoms with E-state index in [2.05, 4.69) is 47.6 Å². The smallest absolute Gasteiger partial charge is 0.187 e. The zero-order valence-corrected chi connectivity index (χ0v) is 34.6. The van der Waals surface area contributed by atoms with Crippen molar-refractivity contribution >= 4 is 0 Å². The summed E-state index contributed by atoms with van der Waals surface area (Å²) in [6.07, 6.45) is -8.69. The van der Waals surface area contributed by atoms with Gasteiger partial charge in [-0.15, -0.1) is 0 Å². The Kier molecular flexibility index (Phi) is 12.7. The molecule has 4 unspecified atom stereocenters. The van der Waals surface area contributed by atoms with Gasteiger partial charge in [-0.2, -0.15) is 0 Å². The van der Waals surface area contributed by atoms with Gasteiger partial charge >= 0.3 is 0 Å². The molecule has 10 N–H and O–H groups in total. The Balaban J connectivity index is 1.17. The molecule has 2 saturated heterocycles. The number of hydrogen-bond acceptors (Lipinski definition) is 14. The fraction of sp³-hybridized carbons (Fsp3) is 0.952. The molecule has 4 aliphatic carbocycles. The first-order valence-electron chi connectivity index (χ1n) is 21.0. The lowest BCUT2D eigenvalue weighted by molar-refractivity contribution is -0.365. The molecule has 5 fully saturated rings. The number of aliphatic hydroxyl groups is 10. The molecule has 0 radical (unpaired) electrons. The van der Waals surface area contributed by atoms with E-state index >= 15 is 0 Å². The molecule has 0 aromatic heterocycles. The van der Waals surface area contributed by atoms with Crippen molar-refractivity contribution < 1.29 is 70.0 Å².